The number of hydrogen-bond donors (Lipinski definition) is 1. The Kier molecular flexibility index (Phi) is 5.56. The minimum atomic E-state index is 0.849. The first kappa shape index (κ1) is 19.6. The number of alkyl halides is 1. The monoisotopic (exact) mass is 463 g/mol. The molecule has 0 aliphatic carbocycles. The lowest BCUT2D eigenvalue weighted by atomic mass is 9.96. The zero-order chi connectivity index (χ0) is 21.0. The van der Waals surface area contributed by atoms with Crippen molar-refractivity contribution >= 4 is 15.9 Å². The maximum atomic E-state index is 3.74. The van der Waals surface area contributed by atoms with Crippen LogP contribution in [0, 0.1) is 0 Å². The molecule has 0 bridgehead atoms. The normalized spacial score (nSPS) is 10.9. The number of H-pyrrole nitrogens is 1. The van der Waals surface area contributed by atoms with Crippen molar-refractivity contribution in [2.45, 2.75) is 5.33 Å². The van der Waals surface area contributed by atoms with Gasteiger partial charge in [0.25, 0.3) is 0 Å². The Balaban J connectivity index is 1.70. The largest absolute Gasteiger partial charge is 0.354 e. The highest BCUT2D eigenvalue weighted by atomic mass is 79.9. The third-order valence-electron chi connectivity index (χ3n) is 5.57. The predicted molar refractivity (Wildman–Crippen MR) is 135 cm³/mol. The molecule has 1 heterocycles. The summed E-state index contributed by atoms with van der Waals surface area (Å²) in [5, 5.41) is 0.849. The third kappa shape index (κ3) is 3.99. The summed E-state index contributed by atoms with van der Waals surface area (Å²) in [4.78, 5) is 3.74. The van der Waals surface area contributed by atoms with Gasteiger partial charge in [-0.2, -0.15) is 0 Å². The van der Waals surface area contributed by atoms with Crippen LogP contribution in [0.4, 0.5) is 0 Å². The molecule has 0 amide bonds. The Hall–Kier alpha value is -3.36. The second-order valence-corrected chi connectivity index (χ2v) is 8.14. The van der Waals surface area contributed by atoms with E-state index in [1.54, 1.807) is 0 Å². The van der Waals surface area contributed by atoms with Gasteiger partial charge < -0.3 is 4.98 Å². The van der Waals surface area contributed by atoms with Crippen LogP contribution in [0.25, 0.3) is 44.8 Å². The van der Waals surface area contributed by atoms with Gasteiger partial charge in [0, 0.05) is 22.2 Å². The molecule has 0 unspecified atom stereocenters. The molecular weight excluding hydrogens is 442 g/mol. The molecule has 31 heavy (non-hydrogen) atoms. The van der Waals surface area contributed by atoms with Gasteiger partial charge in [0.2, 0.25) is 0 Å². The van der Waals surface area contributed by atoms with E-state index in [-0.39, 0.29) is 0 Å². The van der Waals surface area contributed by atoms with Crippen LogP contribution in [0.15, 0.2) is 115 Å². The highest BCUT2D eigenvalue weighted by molar-refractivity contribution is 9.08. The maximum absolute atomic E-state index is 3.74. The molecular formula is C29H22BrN. The quantitative estimate of drug-likeness (QED) is 0.251. The van der Waals surface area contributed by atoms with Crippen LogP contribution in [0.3, 0.4) is 0 Å². The second-order valence-electron chi connectivity index (χ2n) is 7.58. The molecule has 1 nitrogen and oxygen atoms in total. The van der Waals surface area contributed by atoms with Gasteiger partial charge in [0.15, 0.2) is 0 Å². The topological polar surface area (TPSA) is 15.8 Å². The van der Waals surface area contributed by atoms with Crippen molar-refractivity contribution in [1.82, 2.24) is 4.98 Å². The molecule has 0 aliphatic heterocycles. The number of rotatable bonds is 5. The maximum Gasteiger partial charge on any atom is 0.0538 e. The van der Waals surface area contributed by atoms with Crippen molar-refractivity contribution in [2.75, 3.05) is 0 Å². The molecule has 0 atom stereocenters. The molecule has 2 heteroatoms. The lowest BCUT2D eigenvalue weighted by Gasteiger charge is -2.10. The number of hydrogen-bond acceptors (Lipinski definition) is 0. The van der Waals surface area contributed by atoms with Crippen molar-refractivity contribution in [1.29, 1.82) is 0 Å². The molecule has 1 aromatic heterocycles. The molecule has 0 radical (unpaired) electrons. The average molecular weight is 464 g/mol. The van der Waals surface area contributed by atoms with E-state index < -0.39 is 0 Å². The molecule has 5 rings (SSSR count). The molecule has 0 saturated heterocycles. The van der Waals surface area contributed by atoms with E-state index in [0.29, 0.717) is 0 Å². The van der Waals surface area contributed by atoms with Crippen LogP contribution < -0.4 is 0 Å². The predicted octanol–water partition coefficient (Wildman–Crippen LogP) is 8.58. The zero-order valence-electron chi connectivity index (χ0n) is 17.1. The first-order valence-corrected chi connectivity index (χ1v) is 11.5. The second kappa shape index (κ2) is 8.79. The Bertz CT molecular complexity index is 1250. The van der Waals surface area contributed by atoms with Crippen molar-refractivity contribution in [3.05, 3.63) is 121 Å². The van der Waals surface area contributed by atoms with Gasteiger partial charge in [-0.25, -0.2) is 0 Å². The lowest BCUT2D eigenvalue weighted by Crippen LogP contribution is -1.87. The molecule has 150 valence electrons. The smallest absolute Gasteiger partial charge is 0.0538 e. The number of aromatic amines is 1. The minimum absolute atomic E-state index is 0.849. The Morgan fingerprint density at radius 1 is 0.516 bits per heavy atom. The van der Waals surface area contributed by atoms with E-state index in [2.05, 4.69) is 136 Å². The van der Waals surface area contributed by atoms with E-state index in [1.165, 1.54) is 38.9 Å². The van der Waals surface area contributed by atoms with E-state index >= 15 is 0 Å². The molecule has 4 aromatic carbocycles. The van der Waals surface area contributed by atoms with Gasteiger partial charge in [-0.3, -0.25) is 0 Å². The van der Waals surface area contributed by atoms with E-state index in [0.717, 1.165) is 16.7 Å². The van der Waals surface area contributed by atoms with Gasteiger partial charge in [-0.05, 0) is 33.9 Å². The van der Waals surface area contributed by atoms with E-state index in [4.69, 9.17) is 0 Å². The Morgan fingerprint density at radius 3 is 1.84 bits per heavy atom. The van der Waals surface area contributed by atoms with Crippen molar-refractivity contribution in [2.24, 2.45) is 0 Å². The molecule has 0 fully saturated rings. The summed E-state index contributed by atoms with van der Waals surface area (Å²) in [6.07, 6.45) is 0. The molecule has 0 aliphatic rings. The van der Waals surface area contributed by atoms with Gasteiger partial charge >= 0.3 is 0 Å². The number of halogens is 1. The van der Waals surface area contributed by atoms with Gasteiger partial charge in [-0.1, -0.05) is 125 Å². The van der Waals surface area contributed by atoms with Gasteiger partial charge in [0.1, 0.15) is 0 Å². The first-order chi connectivity index (χ1) is 15.3. The summed E-state index contributed by atoms with van der Waals surface area (Å²) < 4.78 is 0. The summed E-state index contributed by atoms with van der Waals surface area (Å²) in [7, 11) is 0. The standard InChI is InChI=1S/C29H22BrN/c30-20-21-10-9-15-24(18-21)25-16-7-8-17-26(25)28-19-27(22-11-3-1-4-12-22)29(31-28)23-13-5-2-6-14-23/h1-19,31H,20H2. The molecule has 5 aromatic rings. The third-order valence-corrected chi connectivity index (χ3v) is 6.22. The van der Waals surface area contributed by atoms with E-state index in [9.17, 15) is 0 Å². The van der Waals surface area contributed by atoms with Crippen LogP contribution in [0.5, 0.6) is 0 Å². The summed E-state index contributed by atoms with van der Waals surface area (Å²) in [6, 6.07) is 40.8. The van der Waals surface area contributed by atoms with Gasteiger partial charge in [0.05, 0.1) is 5.69 Å². The fraction of sp³-hybridized carbons (Fsp3) is 0.0345. The highest BCUT2D eigenvalue weighted by Gasteiger charge is 2.15. The summed E-state index contributed by atoms with van der Waals surface area (Å²) in [5.41, 5.74) is 10.8. The van der Waals surface area contributed by atoms with Gasteiger partial charge in [-0.15, -0.1) is 0 Å². The van der Waals surface area contributed by atoms with Crippen LogP contribution in [-0.4, -0.2) is 4.98 Å². The van der Waals surface area contributed by atoms with E-state index in [1.807, 2.05) is 0 Å². The zero-order valence-corrected chi connectivity index (χ0v) is 18.6. The summed E-state index contributed by atoms with van der Waals surface area (Å²) in [5.74, 6) is 0. The van der Waals surface area contributed by atoms with Crippen molar-refractivity contribution < 1.29 is 0 Å². The molecule has 0 saturated carbocycles. The van der Waals surface area contributed by atoms with Crippen LogP contribution >= 0.6 is 15.9 Å². The fourth-order valence-electron chi connectivity index (χ4n) is 4.07. The van der Waals surface area contributed by atoms with Crippen molar-refractivity contribution in [3.8, 4) is 44.8 Å². The fourth-order valence-corrected chi connectivity index (χ4v) is 4.42. The van der Waals surface area contributed by atoms with Crippen molar-refractivity contribution in [3.63, 3.8) is 0 Å². The van der Waals surface area contributed by atoms with Crippen LogP contribution in [0.2, 0.25) is 0 Å². The SMILES string of the molecule is BrCc1cccc(-c2ccccc2-c2cc(-c3ccccc3)c(-c3ccccc3)[nH]2)c1. The number of nitrogens with one attached hydrogen (secondary N) is 1. The minimum Gasteiger partial charge on any atom is -0.354 e. The highest BCUT2D eigenvalue weighted by Crippen LogP contribution is 2.39. The number of aromatic nitrogens is 1. The summed E-state index contributed by atoms with van der Waals surface area (Å²) >= 11 is 3.59. The molecule has 1 N–H and O–H groups in total. The first-order valence-electron chi connectivity index (χ1n) is 10.4. The Labute approximate surface area is 191 Å². The number of benzene rings is 4. The van der Waals surface area contributed by atoms with Crippen LogP contribution in [-0.2, 0) is 5.33 Å². The summed E-state index contributed by atoms with van der Waals surface area (Å²) in [6.45, 7) is 0. The average Bonchev–Trinajstić information content (AvgIpc) is 3.31. The lowest BCUT2D eigenvalue weighted by molar-refractivity contribution is 1.38. The molecule has 0 spiro atoms. The van der Waals surface area contributed by atoms with Crippen LogP contribution in [0.1, 0.15) is 5.56 Å². The Morgan fingerprint density at radius 2 is 1.13 bits per heavy atom.